The monoisotopic (exact) mass is 321 g/mol. The van der Waals surface area contributed by atoms with Crippen molar-refractivity contribution in [1.29, 1.82) is 0 Å². The molecule has 0 bridgehead atoms. The molecule has 1 aromatic rings. The van der Waals surface area contributed by atoms with Crippen LogP contribution in [0.5, 0.6) is 0 Å². The Bertz CT molecular complexity index is 532. The van der Waals surface area contributed by atoms with Gasteiger partial charge in [-0.25, -0.2) is 8.78 Å². The number of benzene rings is 1. The van der Waals surface area contributed by atoms with Gasteiger partial charge in [-0.3, -0.25) is 4.79 Å². The molecule has 1 N–H and O–H groups in total. The Labute approximate surface area is 136 Å². The minimum Gasteiger partial charge on any atom is -0.307 e. The highest BCUT2D eigenvalue weighted by molar-refractivity contribution is 5.85. The van der Waals surface area contributed by atoms with Crippen molar-refractivity contribution in [1.82, 2.24) is 5.32 Å². The summed E-state index contributed by atoms with van der Waals surface area (Å²) in [7, 11) is 0. The lowest BCUT2D eigenvalue weighted by Gasteiger charge is -2.31. The number of Topliss-reactive ketones (excluding diaryl/α,β-unsaturated/α-hetero) is 1. The van der Waals surface area contributed by atoms with E-state index >= 15 is 0 Å². The number of rotatable bonds is 3. The van der Waals surface area contributed by atoms with E-state index < -0.39 is 11.6 Å². The zero-order chi connectivity index (χ0) is 16.2. The molecule has 126 valence electrons. The molecular formula is C19H25F2NO. The van der Waals surface area contributed by atoms with Gasteiger partial charge in [0.1, 0.15) is 17.4 Å². The fourth-order valence-corrected chi connectivity index (χ4v) is 4.05. The van der Waals surface area contributed by atoms with E-state index in [1.54, 1.807) is 0 Å². The predicted molar refractivity (Wildman–Crippen MR) is 86.3 cm³/mol. The zero-order valence-electron chi connectivity index (χ0n) is 13.5. The standard InChI is InChI=1S/C19H25F2NO/c20-16-8-14(9-17(21)11-16)15-10-19(23)18(22-12-15)7-13-5-3-1-2-4-6-13/h8-9,11,13,15,18,22H,1-7,10,12H2/t15?,18-/m1/s1. The Morgan fingerprint density at radius 1 is 1.00 bits per heavy atom. The fraction of sp³-hybridized carbons (Fsp3) is 0.632. The van der Waals surface area contributed by atoms with Gasteiger partial charge >= 0.3 is 0 Å². The minimum atomic E-state index is -0.576. The third kappa shape index (κ3) is 4.37. The Morgan fingerprint density at radius 3 is 2.26 bits per heavy atom. The fourth-order valence-electron chi connectivity index (χ4n) is 4.05. The molecule has 1 heterocycles. The Kier molecular flexibility index (Phi) is 5.42. The van der Waals surface area contributed by atoms with Crippen LogP contribution in [-0.2, 0) is 4.79 Å². The van der Waals surface area contributed by atoms with Gasteiger partial charge < -0.3 is 5.32 Å². The summed E-state index contributed by atoms with van der Waals surface area (Å²) >= 11 is 0. The first-order chi connectivity index (χ1) is 11.1. The Hall–Kier alpha value is -1.29. The van der Waals surface area contributed by atoms with Crippen LogP contribution in [-0.4, -0.2) is 18.4 Å². The molecule has 0 spiro atoms. The van der Waals surface area contributed by atoms with Crippen LogP contribution in [0.2, 0.25) is 0 Å². The van der Waals surface area contributed by atoms with Gasteiger partial charge in [-0.15, -0.1) is 0 Å². The van der Waals surface area contributed by atoms with Crippen molar-refractivity contribution in [2.45, 2.75) is 63.3 Å². The molecular weight excluding hydrogens is 296 g/mol. The van der Waals surface area contributed by atoms with E-state index in [4.69, 9.17) is 0 Å². The number of hydrogen-bond donors (Lipinski definition) is 1. The maximum Gasteiger partial charge on any atom is 0.150 e. The smallest absolute Gasteiger partial charge is 0.150 e. The summed E-state index contributed by atoms with van der Waals surface area (Å²) in [5, 5.41) is 3.33. The second-order valence-electron chi connectivity index (χ2n) is 7.12. The third-order valence-electron chi connectivity index (χ3n) is 5.35. The second-order valence-corrected chi connectivity index (χ2v) is 7.12. The lowest BCUT2D eigenvalue weighted by atomic mass is 9.83. The maximum absolute atomic E-state index is 13.4. The van der Waals surface area contributed by atoms with Crippen LogP contribution in [0.3, 0.4) is 0 Å². The molecule has 1 saturated heterocycles. The van der Waals surface area contributed by atoms with Crippen LogP contribution in [0.4, 0.5) is 8.78 Å². The van der Waals surface area contributed by atoms with Crippen molar-refractivity contribution in [2.24, 2.45) is 5.92 Å². The predicted octanol–water partition coefficient (Wildman–Crippen LogP) is 4.34. The molecule has 3 rings (SSSR count). The number of hydrogen-bond acceptors (Lipinski definition) is 2. The van der Waals surface area contributed by atoms with E-state index in [1.165, 1.54) is 50.7 Å². The van der Waals surface area contributed by atoms with Crippen molar-refractivity contribution < 1.29 is 13.6 Å². The van der Waals surface area contributed by atoms with Gasteiger partial charge in [0.2, 0.25) is 0 Å². The molecule has 2 aliphatic rings. The molecule has 1 aromatic carbocycles. The van der Waals surface area contributed by atoms with E-state index in [2.05, 4.69) is 5.32 Å². The van der Waals surface area contributed by atoms with Crippen LogP contribution in [0.1, 0.15) is 62.8 Å². The molecule has 23 heavy (non-hydrogen) atoms. The van der Waals surface area contributed by atoms with Crippen molar-refractivity contribution in [3.8, 4) is 0 Å². The van der Waals surface area contributed by atoms with Gasteiger partial charge in [0.15, 0.2) is 0 Å². The summed E-state index contributed by atoms with van der Waals surface area (Å²) < 4.78 is 26.7. The summed E-state index contributed by atoms with van der Waals surface area (Å²) in [6.07, 6.45) is 8.93. The summed E-state index contributed by atoms with van der Waals surface area (Å²) in [6, 6.07) is 3.48. The van der Waals surface area contributed by atoms with E-state index in [1.807, 2.05) is 0 Å². The largest absolute Gasteiger partial charge is 0.307 e. The highest BCUT2D eigenvalue weighted by Crippen LogP contribution is 2.30. The van der Waals surface area contributed by atoms with Gasteiger partial charge in [-0.05, 0) is 30.0 Å². The zero-order valence-corrected chi connectivity index (χ0v) is 13.5. The lowest BCUT2D eigenvalue weighted by Crippen LogP contribution is -2.46. The quantitative estimate of drug-likeness (QED) is 0.839. The maximum atomic E-state index is 13.4. The van der Waals surface area contributed by atoms with Crippen LogP contribution in [0.25, 0.3) is 0 Å². The molecule has 1 unspecified atom stereocenters. The topological polar surface area (TPSA) is 29.1 Å². The summed E-state index contributed by atoms with van der Waals surface area (Å²) in [6.45, 7) is 0.617. The molecule has 1 aliphatic heterocycles. The molecule has 2 fully saturated rings. The molecule has 0 aromatic heterocycles. The van der Waals surface area contributed by atoms with Crippen molar-refractivity contribution in [3.63, 3.8) is 0 Å². The average Bonchev–Trinajstić information content (AvgIpc) is 2.77. The average molecular weight is 321 g/mol. The van der Waals surface area contributed by atoms with Crippen molar-refractivity contribution in [3.05, 3.63) is 35.4 Å². The van der Waals surface area contributed by atoms with Gasteiger partial charge in [0.05, 0.1) is 6.04 Å². The molecule has 0 amide bonds. The van der Waals surface area contributed by atoms with Crippen LogP contribution < -0.4 is 5.32 Å². The highest BCUT2D eigenvalue weighted by Gasteiger charge is 2.31. The number of carbonyl (C=O) groups excluding carboxylic acids is 1. The highest BCUT2D eigenvalue weighted by atomic mass is 19.1. The number of nitrogens with one attached hydrogen (secondary N) is 1. The van der Waals surface area contributed by atoms with Crippen molar-refractivity contribution >= 4 is 5.78 Å². The first-order valence-electron chi connectivity index (χ1n) is 8.84. The van der Waals surface area contributed by atoms with Crippen molar-refractivity contribution in [2.75, 3.05) is 6.54 Å². The Balaban J connectivity index is 1.59. The van der Waals surface area contributed by atoms with Gasteiger partial charge in [0.25, 0.3) is 0 Å². The van der Waals surface area contributed by atoms with Gasteiger partial charge in [0, 0.05) is 24.9 Å². The third-order valence-corrected chi connectivity index (χ3v) is 5.35. The van der Waals surface area contributed by atoms with Gasteiger partial charge in [-0.1, -0.05) is 38.5 Å². The summed E-state index contributed by atoms with van der Waals surface area (Å²) in [4.78, 5) is 12.5. The van der Waals surface area contributed by atoms with Crippen LogP contribution >= 0.6 is 0 Å². The SMILES string of the molecule is O=C1CC(c2cc(F)cc(F)c2)CN[C@@H]1CC1CCCCCC1. The summed E-state index contributed by atoms with van der Waals surface area (Å²) in [5.74, 6) is -0.448. The van der Waals surface area contributed by atoms with E-state index in [0.717, 1.165) is 12.5 Å². The van der Waals surface area contributed by atoms with Gasteiger partial charge in [-0.2, -0.15) is 0 Å². The van der Waals surface area contributed by atoms with E-state index in [9.17, 15) is 13.6 Å². The van der Waals surface area contributed by atoms with Crippen LogP contribution in [0, 0.1) is 17.6 Å². The Morgan fingerprint density at radius 2 is 1.65 bits per heavy atom. The number of ketones is 1. The normalized spacial score (nSPS) is 27.0. The molecule has 1 aliphatic carbocycles. The second kappa shape index (κ2) is 7.52. The number of halogens is 2. The van der Waals surface area contributed by atoms with E-state index in [0.29, 0.717) is 24.4 Å². The minimum absolute atomic E-state index is 0.0762. The molecule has 2 nitrogen and oxygen atoms in total. The van der Waals surface area contributed by atoms with E-state index in [-0.39, 0.29) is 17.7 Å². The summed E-state index contributed by atoms with van der Waals surface area (Å²) in [5.41, 5.74) is 0.580. The van der Waals surface area contributed by atoms with Crippen LogP contribution in [0.15, 0.2) is 18.2 Å². The number of piperidine rings is 1. The molecule has 1 saturated carbocycles. The lowest BCUT2D eigenvalue weighted by molar-refractivity contribution is -0.123. The number of carbonyl (C=O) groups is 1. The molecule has 2 atom stereocenters. The first kappa shape index (κ1) is 16.6. The molecule has 0 radical (unpaired) electrons. The first-order valence-corrected chi connectivity index (χ1v) is 8.84. The molecule has 4 heteroatoms.